The summed E-state index contributed by atoms with van der Waals surface area (Å²) in [6.07, 6.45) is 5.14. The Bertz CT molecular complexity index is 120. The van der Waals surface area contributed by atoms with Crippen LogP contribution in [0.3, 0.4) is 0 Å². The van der Waals surface area contributed by atoms with Crippen LogP contribution in [-0.2, 0) is 0 Å². The SMILES string of the molecule is C=C/C(C)=C\C=C\F. The van der Waals surface area contributed by atoms with Crippen molar-refractivity contribution in [3.05, 3.63) is 36.7 Å². The highest BCUT2D eigenvalue weighted by Gasteiger charge is 1.71. The monoisotopic (exact) mass is 112 g/mol. The van der Waals surface area contributed by atoms with Gasteiger partial charge in [-0.15, -0.1) is 0 Å². The van der Waals surface area contributed by atoms with Gasteiger partial charge in [0.05, 0.1) is 6.33 Å². The third kappa shape index (κ3) is 3.34. The zero-order chi connectivity index (χ0) is 6.41. The van der Waals surface area contributed by atoms with Gasteiger partial charge in [0.2, 0.25) is 0 Å². The van der Waals surface area contributed by atoms with E-state index >= 15 is 0 Å². The van der Waals surface area contributed by atoms with Gasteiger partial charge in [0, 0.05) is 0 Å². The molecule has 0 aliphatic rings. The Morgan fingerprint density at radius 2 is 2.25 bits per heavy atom. The Labute approximate surface area is 49.0 Å². The van der Waals surface area contributed by atoms with Crippen LogP contribution in [0.4, 0.5) is 4.39 Å². The van der Waals surface area contributed by atoms with Crippen LogP contribution in [0.5, 0.6) is 0 Å². The molecule has 0 unspecified atom stereocenters. The molecule has 0 nitrogen and oxygen atoms in total. The lowest BCUT2D eigenvalue weighted by atomic mass is 10.3. The fourth-order valence-corrected chi connectivity index (χ4v) is 0.256. The Hall–Kier alpha value is -0.850. The van der Waals surface area contributed by atoms with Gasteiger partial charge in [0.1, 0.15) is 0 Å². The normalized spacial score (nSPS) is 12.5. The molecule has 0 aliphatic carbocycles. The maximum atomic E-state index is 11.2. The third-order valence-electron chi connectivity index (χ3n) is 0.754. The first-order valence-electron chi connectivity index (χ1n) is 2.37. The van der Waals surface area contributed by atoms with Gasteiger partial charge in [0.25, 0.3) is 0 Å². The second kappa shape index (κ2) is 4.31. The molecule has 0 aromatic carbocycles. The summed E-state index contributed by atoms with van der Waals surface area (Å²) in [5.41, 5.74) is 0.957. The van der Waals surface area contributed by atoms with Crippen molar-refractivity contribution in [3.63, 3.8) is 0 Å². The lowest BCUT2D eigenvalue weighted by molar-refractivity contribution is 0.721. The first-order valence-corrected chi connectivity index (χ1v) is 2.37. The van der Waals surface area contributed by atoms with E-state index in [1.807, 2.05) is 6.92 Å². The summed E-state index contributed by atoms with van der Waals surface area (Å²) < 4.78 is 11.2. The summed E-state index contributed by atoms with van der Waals surface area (Å²) in [5.74, 6) is 0. The van der Waals surface area contributed by atoms with Gasteiger partial charge < -0.3 is 0 Å². The summed E-state index contributed by atoms with van der Waals surface area (Å²) in [4.78, 5) is 0. The van der Waals surface area contributed by atoms with Crippen molar-refractivity contribution < 1.29 is 4.39 Å². The number of hydrogen-bond acceptors (Lipinski definition) is 0. The van der Waals surface area contributed by atoms with Gasteiger partial charge in [0.15, 0.2) is 0 Å². The van der Waals surface area contributed by atoms with E-state index in [0.717, 1.165) is 5.57 Å². The predicted molar refractivity (Wildman–Crippen MR) is 34.2 cm³/mol. The topological polar surface area (TPSA) is 0 Å². The van der Waals surface area contributed by atoms with Crippen LogP contribution >= 0.6 is 0 Å². The minimum Gasteiger partial charge on any atom is -0.216 e. The summed E-state index contributed by atoms with van der Waals surface area (Å²) in [6, 6.07) is 0. The first kappa shape index (κ1) is 7.15. The lowest BCUT2D eigenvalue weighted by Crippen LogP contribution is -1.60. The Kier molecular flexibility index (Phi) is 3.85. The van der Waals surface area contributed by atoms with Crippen molar-refractivity contribution in [2.45, 2.75) is 6.92 Å². The van der Waals surface area contributed by atoms with Crippen molar-refractivity contribution in [1.29, 1.82) is 0 Å². The maximum Gasteiger partial charge on any atom is 0.0867 e. The number of allylic oxidation sites excluding steroid dienone is 4. The van der Waals surface area contributed by atoms with Crippen LogP contribution < -0.4 is 0 Å². The van der Waals surface area contributed by atoms with E-state index in [9.17, 15) is 4.39 Å². The molecule has 0 rings (SSSR count). The van der Waals surface area contributed by atoms with E-state index in [4.69, 9.17) is 0 Å². The lowest BCUT2D eigenvalue weighted by Gasteiger charge is -1.80. The Morgan fingerprint density at radius 3 is 2.62 bits per heavy atom. The molecule has 0 fully saturated rings. The Balaban J connectivity index is 3.74. The molecule has 1 heteroatoms. The van der Waals surface area contributed by atoms with Gasteiger partial charge >= 0.3 is 0 Å². The summed E-state index contributed by atoms with van der Waals surface area (Å²) in [7, 11) is 0. The average molecular weight is 112 g/mol. The molecule has 0 radical (unpaired) electrons. The van der Waals surface area contributed by atoms with Gasteiger partial charge in [-0.25, -0.2) is 4.39 Å². The van der Waals surface area contributed by atoms with Crippen LogP contribution in [0.1, 0.15) is 6.92 Å². The molecule has 44 valence electrons. The highest BCUT2D eigenvalue weighted by molar-refractivity contribution is 5.18. The van der Waals surface area contributed by atoms with Gasteiger partial charge in [-0.3, -0.25) is 0 Å². The van der Waals surface area contributed by atoms with Crippen LogP contribution in [0.2, 0.25) is 0 Å². The molecule has 0 saturated heterocycles. The highest BCUT2D eigenvalue weighted by Crippen LogP contribution is 1.91. The van der Waals surface area contributed by atoms with Crippen molar-refractivity contribution >= 4 is 0 Å². The van der Waals surface area contributed by atoms with E-state index in [0.29, 0.717) is 6.33 Å². The Morgan fingerprint density at radius 1 is 1.62 bits per heavy atom. The van der Waals surface area contributed by atoms with Gasteiger partial charge in [-0.2, -0.15) is 0 Å². The molecule has 0 N–H and O–H groups in total. The van der Waals surface area contributed by atoms with Gasteiger partial charge in [-0.05, 0) is 13.0 Å². The summed E-state index contributed by atoms with van der Waals surface area (Å²) in [6.45, 7) is 5.34. The zero-order valence-corrected chi connectivity index (χ0v) is 4.89. The largest absolute Gasteiger partial charge is 0.216 e. The van der Waals surface area contributed by atoms with E-state index in [1.54, 1.807) is 12.2 Å². The predicted octanol–water partition coefficient (Wildman–Crippen LogP) is 2.60. The van der Waals surface area contributed by atoms with E-state index in [-0.39, 0.29) is 0 Å². The molecule has 0 saturated carbocycles. The van der Waals surface area contributed by atoms with E-state index in [1.165, 1.54) is 6.08 Å². The molecule has 0 heterocycles. The summed E-state index contributed by atoms with van der Waals surface area (Å²) >= 11 is 0. The molecule has 0 atom stereocenters. The highest BCUT2D eigenvalue weighted by atomic mass is 19.1. The molecular weight excluding hydrogens is 103 g/mol. The van der Waals surface area contributed by atoms with Crippen LogP contribution in [0, 0.1) is 0 Å². The average Bonchev–Trinajstić information content (AvgIpc) is 1.83. The molecule has 8 heavy (non-hydrogen) atoms. The zero-order valence-electron chi connectivity index (χ0n) is 4.89. The van der Waals surface area contributed by atoms with Gasteiger partial charge in [-0.1, -0.05) is 24.3 Å². The van der Waals surface area contributed by atoms with Crippen LogP contribution in [0.25, 0.3) is 0 Å². The fraction of sp³-hybridized carbons (Fsp3) is 0.143. The molecule has 0 spiro atoms. The number of rotatable bonds is 2. The third-order valence-corrected chi connectivity index (χ3v) is 0.754. The van der Waals surface area contributed by atoms with Crippen molar-refractivity contribution in [2.24, 2.45) is 0 Å². The fourth-order valence-electron chi connectivity index (χ4n) is 0.256. The number of halogens is 1. The molecular formula is C7H9F. The first-order chi connectivity index (χ1) is 3.81. The van der Waals surface area contributed by atoms with Crippen LogP contribution in [-0.4, -0.2) is 0 Å². The minimum atomic E-state index is 0.493. The van der Waals surface area contributed by atoms with Crippen molar-refractivity contribution in [2.75, 3.05) is 0 Å². The van der Waals surface area contributed by atoms with E-state index in [2.05, 4.69) is 6.58 Å². The molecule has 0 aromatic rings. The molecule has 0 aromatic heterocycles. The smallest absolute Gasteiger partial charge is 0.0867 e. The quantitative estimate of drug-likeness (QED) is 0.481. The maximum absolute atomic E-state index is 11.2. The second-order valence-electron chi connectivity index (χ2n) is 1.43. The number of hydrogen-bond donors (Lipinski definition) is 0. The van der Waals surface area contributed by atoms with E-state index < -0.39 is 0 Å². The van der Waals surface area contributed by atoms with Crippen LogP contribution in [0.15, 0.2) is 36.7 Å². The molecule has 0 bridgehead atoms. The standard InChI is InChI=1S/C7H9F/c1-3-7(2)5-4-6-8/h3-6H,1H2,2H3/b6-4+,7-5-. The minimum absolute atomic E-state index is 0.493. The summed E-state index contributed by atoms with van der Waals surface area (Å²) in [5, 5.41) is 0. The molecule has 0 aliphatic heterocycles. The molecule has 0 amide bonds. The van der Waals surface area contributed by atoms with Crippen molar-refractivity contribution in [1.82, 2.24) is 0 Å². The second-order valence-corrected chi connectivity index (χ2v) is 1.43. The van der Waals surface area contributed by atoms with Crippen molar-refractivity contribution in [3.8, 4) is 0 Å².